The van der Waals surface area contributed by atoms with Gasteiger partial charge in [0.05, 0.1) is 0 Å². The molecule has 1 aromatic carbocycles. The highest BCUT2D eigenvalue weighted by atomic mass is 32.1. The zero-order valence-corrected chi connectivity index (χ0v) is 11.3. The van der Waals surface area contributed by atoms with Crippen molar-refractivity contribution < 1.29 is 0 Å². The van der Waals surface area contributed by atoms with E-state index in [2.05, 4.69) is 48.9 Å². The second-order valence-corrected chi connectivity index (χ2v) is 5.35. The average molecular weight is 245 g/mol. The summed E-state index contributed by atoms with van der Waals surface area (Å²) in [5.74, 6) is 0. The number of rotatable bonds is 4. The largest absolute Gasteiger partial charge is 0.324 e. The molecule has 1 heterocycles. The van der Waals surface area contributed by atoms with E-state index in [0.717, 1.165) is 12.8 Å². The summed E-state index contributed by atoms with van der Waals surface area (Å²) < 4.78 is 0. The number of aryl methyl sites for hydroxylation is 2. The maximum atomic E-state index is 6.28. The molecule has 0 fully saturated rings. The first kappa shape index (κ1) is 12.3. The maximum absolute atomic E-state index is 6.28. The Morgan fingerprint density at radius 1 is 1.24 bits per heavy atom. The van der Waals surface area contributed by atoms with Crippen LogP contribution >= 0.6 is 11.3 Å². The van der Waals surface area contributed by atoms with E-state index in [4.69, 9.17) is 5.73 Å². The highest BCUT2D eigenvalue weighted by Gasteiger charge is 2.10. The molecule has 0 aliphatic heterocycles. The van der Waals surface area contributed by atoms with Crippen molar-refractivity contribution in [3.05, 3.63) is 57.3 Å². The lowest BCUT2D eigenvalue weighted by Gasteiger charge is -2.15. The van der Waals surface area contributed by atoms with E-state index >= 15 is 0 Å². The molecule has 2 rings (SSSR count). The fraction of sp³-hybridized carbons (Fsp3) is 0.333. The van der Waals surface area contributed by atoms with Gasteiger partial charge in [0.15, 0.2) is 0 Å². The molecule has 2 N–H and O–H groups in total. The summed E-state index contributed by atoms with van der Waals surface area (Å²) in [5.41, 5.74) is 11.6. The molecule has 1 atom stereocenters. The SMILES string of the molecule is Cc1cccc(C(N)CCc2ccsc2)c1C. The minimum atomic E-state index is 0.148. The molecule has 0 saturated heterocycles. The molecular formula is C15H19NS. The van der Waals surface area contributed by atoms with Crippen LogP contribution in [0.3, 0.4) is 0 Å². The lowest BCUT2D eigenvalue weighted by Crippen LogP contribution is -2.13. The highest BCUT2D eigenvalue weighted by Crippen LogP contribution is 2.22. The van der Waals surface area contributed by atoms with E-state index in [1.54, 1.807) is 11.3 Å². The Kier molecular flexibility index (Phi) is 3.97. The Morgan fingerprint density at radius 3 is 2.76 bits per heavy atom. The number of hydrogen-bond donors (Lipinski definition) is 1. The Hall–Kier alpha value is -1.12. The van der Waals surface area contributed by atoms with Crippen LogP contribution in [0.15, 0.2) is 35.0 Å². The molecule has 0 aliphatic rings. The molecule has 0 radical (unpaired) electrons. The summed E-state index contributed by atoms with van der Waals surface area (Å²) in [6, 6.07) is 8.72. The van der Waals surface area contributed by atoms with Gasteiger partial charge in [0.1, 0.15) is 0 Å². The first-order valence-electron chi connectivity index (χ1n) is 6.01. The van der Waals surface area contributed by atoms with E-state index in [0.29, 0.717) is 0 Å². The van der Waals surface area contributed by atoms with Gasteiger partial charge >= 0.3 is 0 Å². The standard InChI is InChI=1S/C15H19NS/c1-11-4-3-5-14(12(11)2)15(16)7-6-13-8-9-17-10-13/h3-5,8-10,15H,6-7,16H2,1-2H3. The van der Waals surface area contributed by atoms with Crippen LogP contribution in [0.4, 0.5) is 0 Å². The minimum Gasteiger partial charge on any atom is -0.324 e. The van der Waals surface area contributed by atoms with Gasteiger partial charge in [-0.2, -0.15) is 11.3 Å². The molecule has 2 aromatic rings. The van der Waals surface area contributed by atoms with Gasteiger partial charge in [-0.05, 0) is 65.8 Å². The summed E-state index contributed by atoms with van der Waals surface area (Å²) in [6.07, 6.45) is 2.08. The average Bonchev–Trinajstić information content (AvgIpc) is 2.82. The molecule has 0 bridgehead atoms. The number of hydrogen-bond acceptors (Lipinski definition) is 2. The first-order chi connectivity index (χ1) is 8.18. The fourth-order valence-electron chi connectivity index (χ4n) is 2.09. The monoisotopic (exact) mass is 245 g/mol. The summed E-state index contributed by atoms with van der Waals surface area (Å²) in [5, 5.41) is 4.33. The topological polar surface area (TPSA) is 26.0 Å². The van der Waals surface area contributed by atoms with Crippen molar-refractivity contribution in [2.75, 3.05) is 0 Å². The van der Waals surface area contributed by atoms with Crippen LogP contribution in [0.2, 0.25) is 0 Å². The molecule has 17 heavy (non-hydrogen) atoms. The number of nitrogens with two attached hydrogens (primary N) is 1. The molecular weight excluding hydrogens is 226 g/mol. The third kappa shape index (κ3) is 2.96. The summed E-state index contributed by atoms with van der Waals surface area (Å²) in [6.45, 7) is 4.31. The summed E-state index contributed by atoms with van der Waals surface area (Å²) in [4.78, 5) is 0. The van der Waals surface area contributed by atoms with E-state index in [1.165, 1.54) is 22.3 Å². The van der Waals surface area contributed by atoms with E-state index < -0.39 is 0 Å². The highest BCUT2D eigenvalue weighted by molar-refractivity contribution is 7.07. The van der Waals surface area contributed by atoms with Gasteiger partial charge in [-0.1, -0.05) is 18.2 Å². The van der Waals surface area contributed by atoms with Crippen LogP contribution in [-0.2, 0) is 6.42 Å². The van der Waals surface area contributed by atoms with Crippen LogP contribution in [0.5, 0.6) is 0 Å². The van der Waals surface area contributed by atoms with Gasteiger partial charge in [0.2, 0.25) is 0 Å². The second-order valence-electron chi connectivity index (χ2n) is 4.57. The van der Waals surface area contributed by atoms with Crippen molar-refractivity contribution in [2.24, 2.45) is 5.73 Å². The Labute approximate surface area is 107 Å². The van der Waals surface area contributed by atoms with Crippen molar-refractivity contribution >= 4 is 11.3 Å². The lowest BCUT2D eigenvalue weighted by molar-refractivity contribution is 0.648. The molecule has 1 aromatic heterocycles. The van der Waals surface area contributed by atoms with Gasteiger partial charge in [-0.25, -0.2) is 0 Å². The molecule has 0 saturated carbocycles. The number of thiophene rings is 1. The summed E-state index contributed by atoms with van der Waals surface area (Å²) >= 11 is 1.75. The Balaban J connectivity index is 2.04. The lowest BCUT2D eigenvalue weighted by atomic mass is 9.94. The molecule has 0 aliphatic carbocycles. The normalized spacial score (nSPS) is 12.6. The smallest absolute Gasteiger partial charge is 0.0300 e. The van der Waals surface area contributed by atoms with Gasteiger partial charge in [0, 0.05) is 6.04 Å². The quantitative estimate of drug-likeness (QED) is 0.865. The molecule has 0 spiro atoms. The van der Waals surface area contributed by atoms with E-state index in [1.807, 2.05) is 0 Å². The van der Waals surface area contributed by atoms with Gasteiger partial charge in [0.25, 0.3) is 0 Å². The predicted octanol–water partition coefficient (Wildman–Crippen LogP) is 4.00. The maximum Gasteiger partial charge on any atom is 0.0300 e. The van der Waals surface area contributed by atoms with Crippen LogP contribution in [-0.4, -0.2) is 0 Å². The van der Waals surface area contributed by atoms with Crippen LogP contribution in [0.1, 0.15) is 34.7 Å². The van der Waals surface area contributed by atoms with Crippen LogP contribution in [0.25, 0.3) is 0 Å². The van der Waals surface area contributed by atoms with Crippen LogP contribution in [0, 0.1) is 13.8 Å². The van der Waals surface area contributed by atoms with Crippen molar-refractivity contribution in [1.82, 2.24) is 0 Å². The fourth-order valence-corrected chi connectivity index (χ4v) is 2.79. The zero-order valence-electron chi connectivity index (χ0n) is 10.4. The molecule has 90 valence electrons. The van der Waals surface area contributed by atoms with Crippen molar-refractivity contribution in [2.45, 2.75) is 32.7 Å². The minimum absolute atomic E-state index is 0.148. The predicted molar refractivity (Wildman–Crippen MR) is 75.5 cm³/mol. The van der Waals surface area contributed by atoms with Crippen molar-refractivity contribution in [3.63, 3.8) is 0 Å². The van der Waals surface area contributed by atoms with Gasteiger partial charge in [-0.15, -0.1) is 0 Å². The third-order valence-electron chi connectivity index (χ3n) is 3.37. The Bertz CT molecular complexity index is 474. The van der Waals surface area contributed by atoms with E-state index in [-0.39, 0.29) is 6.04 Å². The van der Waals surface area contributed by atoms with Crippen molar-refractivity contribution in [3.8, 4) is 0 Å². The summed E-state index contributed by atoms with van der Waals surface area (Å²) in [7, 11) is 0. The molecule has 0 amide bonds. The van der Waals surface area contributed by atoms with Gasteiger partial charge < -0.3 is 5.73 Å². The molecule has 1 nitrogen and oxygen atoms in total. The number of benzene rings is 1. The van der Waals surface area contributed by atoms with Gasteiger partial charge in [-0.3, -0.25) is 0 Å². The van der Waals surface area contributed by atoms with E-state index in [9.17, 15) is 0 Å². The van der Waals surface area contributed by atoms with Crippen molar-refractivity contribution in [1.29, 1.82) is 0 Å². The zero-order chi connectivity index (χ0) is 12.3. The van der Waals surface area contributed by atoms with Crippen LogP contribution < -0.4 is 5.73 Å². The Morgan fingerprint density at radius 2 is 2.06 bits per heavy atom. The molecule has 1 unspecified atom stereocenters. The molecule has 2 heteroatoms. The second kappa shape index (κ2) is 5.48. The first-order valence-corrected chi connectivity index (χ1v) is 6.95. The third-order valence-corrected chi connectivity index (χ3v) is 4.10.